The van der Waals surface area contributed by atoms with Crippen LogP contribution in [0, 0.1) is 0 Å². The molecule has 0 bridgehead atoms. The van der Waals surface area contributed by atoms with E-state index in [4.69, 9.17) is 9.47 Å². The molecule has 0 aliphatic carbocycles. The molecule has 0 aromatic heterocycles. The van der Waals surface area contributed by atoms with Gasteiger partial charge in [-0.25, -0.2) is 4.79 Å². The van der Waals surface area contributed by atoms with Crippen LogP contribution in [0.5, 0.6) is 0 Å². The summed E-state index contributed by atoms with van der Waals surface area (Å²) in [5.41, 5.74) is 1.72. The summed E-state index contributed by atoms with van der Waals surface area (Å²) in [6, 6.07) is 21.0. The monoisotopic (exact) mass is 492 g/mol. The Morgan fingerprint density at radius 3 is 1.14 bits per heavy atom. The van der Waals surface area contributed by atoms with Crippen LogP contribution in [0.15, 0.2) is 60.7 Å². The van der Waals surface area contributed by atoms with Gasteiger partial charge in [0, 0.05) is 59.2 Å². The van der Waals surface area contributed by atoms with Gasteiger partial charge in [0.2, 0.25) is 0 Å². The van der Waals surface area contributed by atoms with Crippen molar-refractivity contribution in [2.75, 3.05) is 9.80 Å². The highest BCUT2D eigenvalue weighted by molar-refractivity contribution is 5.61. The number of hydrogen-bond acceptors (Lipinski definition) is 5. The topological polar surface area (TPSA) is 42.0 Å². The molecular formula is C31H44N2O3. The van der Waals surface area contributed by atoms with Gasteiger partial charge >= 0.3 is 6.16 Å². The van der Waals surface area contributed by atoms with Crippen LogP contribution in [0.25, 0.3) is 0 Å². The Labute approximate surface area is 217 Å². The van der Waals surface area contributed by atoms with Crippen molar-refractivity contribution in [2.24, 2.45) is 0 Å². The Kier molecular flexibility index (Phi) is 6.83. The minimum atomic E-state index is -0.537. The lowest BCUT2D eigenvalue weighted by Gasteiger charge is -2.56. The molecule has 0 N–H and O–H groups in total. The maximum Gasteiger partial charge on any atom is 0.508 e. The minimum absolute atomic E-state index is 0.168. The lowest BCUT2D eigenvalue weighted by molar-refractivity contribution is -0.0429. The van der Waals surface area contributed by atoms with E-state index in [0.29, 0.717) is 0 Å². The van der Waals surface area contributed by atoms with Crippen molar-refractivity contribution in [1.82, 2.24) is 0 Å². The number of rotatable bonds is 4. The largest absolute Gasteiger partial charge is 0.508 e. The van der Waals surface area contributed by atoms with Gasteiger partial charge < -0.3 is 19.3 Å². The summed E-state index contributed by atoms with van der Waals surface area (Å²) in [4.78, 5) is 18.0. The van der Waals surface area contributed by atoms with Gasteiger partial charge in [-0.2, -0.15) is 0 Å². The molecular weight excluding hydrogens is 448 g/mol. The summed E-state index contributed by atoms with van der Waals surface area (Å²) in [5, 5.41) is 0. The molecule has 0 amide bonds. The smallest absolute Gasteiger partial charge is 0.431 e. The average molecular weight is 493 g/mol. The molecule has 196 valence electrons. The van der Waals surface area contributed by atoms with Crippen molar-refractivity contribution in [3.8, 4) is 0 Å². The lowest BCUT2D eigenvalue weighted by Crippen LogP contribution is -2.63. The summed E-state index contributed by atoms with van der Waals surface area (Å²) in [7, 11) is 0. The van der Waals surface area contributed by atoms with E-state index in [9.17, 15) is 4.79 Å². The van der Waals surface area contributed by atoms with E-state index in [1.807, 2.05) is 12.1 Å². The highest BCUT2D eigenvalue weighted by Crippen LogP contribution is 2.44. The minimum Gasteiger partial charge on any atom is -0.431 e. The zero-order chi connectivity index (χ0) is 26.4. The molecule has 2 aromatic carbocycles. The number of ether oxygens (including phenoxy) is 2. The van der Waals surface area contributed by atoms with Crippen molar-refractivity contribution in [2.45, 2.75) is 115 Å². The van der Waals surface area contributed by atoms with Gasteiger partial charge in [-0.05, 0) is 79.7 Å². The Hall–Kier alpha value is -2.69. The van der Waals surface area contributed by atoms with Crippen molar-refractivity contribution < 1.29 is 14.3 Å². The Balaban J connectivity index is 1.42. The van der Waals surface area contributed by atoms with Crippen LogP contribution in [0.1, 0.15) is 81.1 Å². The van der Waals surface area contributed by atoms with Gasteiger partial charge in [0.15, 0.2) is 0 Å². The van der Waals surface area contributed by atoms with E-state index < -0.39 is 6.16 Å². The first-order valence-electron chi connectivity index (χ1n) is 13.3. The number of nitrogens with zero attached hydrogens (tertiary/aromatic N) is 2. The van der Waals surface area contributed by atoms with Gasteiger partial charge in [-0.15, -0.1) is 0 Å². The van der Waals surface area contributed by atoms with Crippen LogP contribution < -0.4 is 9.80 Å². The number of para-hydroxylation sites is 2. The Bertz CT molecular complexity index is 927. The normalized spacial score (nSPS) is 23.2. The molecule has 36 heavy (non-hydrogen) atoms. The molecule has 0 saturated carbocycles. The molecule has 2 saturated heterocycles. The van der Waals surface area contributed by atoms with E-state index in [2.05, 4.69) is 114 Å². The molecule has 2 heterocycles. The fourth-order valence-corrected chi connectivity index (χ4v) is 7.40. The quantitative estimate of drug-likeness (QED) is 0.411. The SMILES string of the molecule is CC1(C)CC(OC(=O)OC2CC(C)(C)N(c3ccccc3)C(C)(C)C2)CC(C)(C)N1c1ccccc1. The molecule has 5 heteroatoms. The second-order valence-electron chi connectivity index (χ2n) is 13.1. The summed E-state index contributed by atoms with van der Waals surface area (Å²) in [6.07, 6.45) is 2.10. The third-order valence-electron chi connectivity index (χ3n) is 7.88. The average Bonchev–Trinajstić information content (AvgIpc) is 2.71. The molecule has 4 rings (SSSR count). The van der Waals surface area contributed by atoms with Gasteiger partial charge in [-0.3, -0.25) is 0 Å². The molecule has 2 aliphatic heterocycles. The molecule has 0 atom stereocenters. The zero-order valence-corrected chi connectivity index (χ0v) is 23.4. The van der Waals surface area contributed by atoms with E-state index >= 15 is 0 Å². The van der Waals surface area contributed by atoms with E-state index in [0.717, 1.165) is 25.7 Å². The number of anilines is 2. The molecule has 2 fully saturated rings. The van der Waals surface area contributed by atoms with E-state index in [1.165, 1.54) is 11.4 Å². The van der Waals surface area contributed by atoms with E-state index in [1.54, 1.807) is 0 Å². The van der Waals surface area contributed by atoms with Gasteiger partial charge in [0.1, 0.15) is 12.2 Å². The summed E-state index contributed by atoms with van der Waals surface area (Å²) in [5.74, 6) is 0. The van der Waals surface area contributed by atoms with Crippen LogP contribution in [0.4, 0.5) is 16.2 Å². The van der Waals surface area contributed by atoms with Crippen LogP contribution >= 0.6 is 0 Å². The van der Waals surface area contributed by atoms with Crippen LogP contribution in [0.3, 0.4) is 0 Å². The molecule has 0 unspecified atom stereocenters. The fourth-order valence-electron chi connectivity index (χ4n) is 7.40. The fraction of sp³-hybridized carbons (Fsp3) is 0.581. The van der Waals surface area contributed by atoms with Crippen molar-refractivity contribution in [3.05, 3.63) is 60.7 Å². The lowest BCUT2D eigenvalue weighted by atomic mass is 9.77. The Morgan fingerprint density at radius 2 is 0.861 bits per heavy atom. The third-order valence-corrected chi connectivity index (χ3v) is 7.88. The van der Waals surface area contributed by atoms with E-state index in [-0.39, 0.29) is 34.4 Å². The molecule has 0 radical (unpaired) electrons. The maximum absolute atomic E-state index is 13.1. The van der Waals surface area contributed by atoms with Crippen molar-refractivity contribution >= 4 is 17.5 Å². The van der Waals surface area contributed by atoms with Crippen LogP contribution in [0.2, 0.25) is 0 Å². The summed E-state index contributed by atoms with van der Waals surface area (Å²) < 4.78 is 12.0. The molecule has 2 aliphatic rings. The number of hydrogen-bond donors (Lipinski definition) is 0. The highest BCUT2D eigenvalue weighted by Gasteiger charge is 2.49. The molecule has 0 spiro atoms. The number of carbonyl (C=O) groups excluding carboxylic acids is 1. The summed E-state index contributed by atoms with van der Waals surface area (Å²) in [6.45, 7) is 17.8. The molecule has 2 aromatic rings. The first-order valence-corrected chi connectivity index (χ1v) is 13.3. The van der Waals surface area contributed by atoms with Crippen LogP contribution in [-0.4, -0.2) is 40.5 Å². The second kappa shape index (κ2) is 9.32. The van der Waals surface area contributed by atoms with Gasteiger partial charge in [-0.1, -0.05) is 36.4 Å². The second-order valence-corrected chi connectivity index (χ2v) is 13.1. The predicted molar refractivity (Wildman–Crippen MR) is 148 cm³/mol. The van der Waals surface area contributed by atoms with Crippen molar-refractivity contribution in [1.29, 1.82) is 0 Å². The standard InChI is InChI=1S/C31H44N2O3/c1-28(2)19-25(20-29(3,4)32(28)23-15-11-9-12-16-23)35-27(34)36-26-21-30(5,6)33(31(7,8)22-26)24-17-13-10-14-18-24/h9-18,25-26H,19-22H2,1-8H3. The first kappa shape index (κ1) is 26.4. The zero-order valence-electron chi connectivity index (χ0n) is 23.4. The maximum atomic E-state index is 13.1. The van der Waals surface area contributed by atoms with Crippen molar-refractivity contribution in [3.63, 3.8) is 0 Å². The highest BCUT2D eigenvalue weighted by atomic mass is 16.7. The number of carbonyl (C=O) groups is 1. The third kappa shape index (κ3) is 5.35. The predicted octanol–water partition coefficient (Wildman–Crippen LogP) is 7.59. The summed E-state index contributed by atoms with van der Waals surface area (Å²) >= 11 is 0. The van der Waals surface area contributed by atoms with Gasteiger partial charge in [0.05, 0.1) is 0 Å². The Morgan fingerprint density at radius 1 is 0.583 bits per heavy atom. The number of benzene rings is 2. The first-order chi connectivity index (χ1) is 16.7. The number of piperidine rings is 2. The van der Waals surface area contributed by atoms with Crippen LogP contribution in [-0.2, 0) is 9.47 Å². The van der Waals surface area contributed by atoms with Gasteiger partial charge in [0.25, 0.3) is 0 Å². The molecule has 5 nitrogen and oxygen atoms in total.